The van der Waals surface area contributed by atoms with Gasteiger partial charge in [0.2, 0.25) is 0 Å². The van der Waals surface area contributed by atoms with Gasteiger partial charge < -0.3 is 10.1 Å². The van der Waals surface area contributed by atoms with Gasteiger partial charge in [-0.25, -0.2) is 0 Å². The van der Waals surface area contributed by atoms with Crippen LogP contribution >= 0.6 is 15.9 Å². The van der Waals surface area contributed by atoms with Crippen molar-refractivity contribution in [3.05, 3.63) is 39.9 Å². The summed E-state index contributed by atoms with van der Waals surface area (Å²) in [5.74, 6) is 0.765. The average Bonchev–Trinajstić information content (AvgIpc) is 2.78. The van der Waals surface area contributed by atoms with E-state index >= 15 is 0 Å². The highest BCUT2D eigenvalue weighted by molar-refractivity contribution is 9.10. The summed E-state index contributed by atoms with van der Waals surface area (Å²) in [6, 6.07) is 3.93. The number of aromatic nitrogens is 3. The quantitative estimate of drug-likeness (QED) is 0.832. The lowest BCUT2D eigenvalue weighted by Gasteiger charge is -2.08. The Bertz CT molecular complexity index is 580. The molecule has 0 bridgehead atoms. The summed E-state index contributed by atoms with van der Waals surface area (Å²) < 4.78 is 8.69. The van der Waals surface area contributed by atoms with E-state index in [0.717, 1.165) is 46.8 Å². The molecule has 0 unspecified atom stereocenters. The Morgan fingerprint density at radius 2 is 2.14 bits per heavy atom. The van der Waals surface area contributed by atoms with E-state index in [4.69, 9.17) is 4.74 Å². The van der Waals surface area contributed by atoms with Gasteiger partial charge in [0.15, 0.2) is 0 Å². The monoisotopic (exact) mass is 352 g/mol. The van der Waals surface area contributed by atoms with Crippen LogP contribution in [0.2, 0.25) is 0 Å². The minimum Gasteiger partial charge on any atom is -0.486 e. The maximum Gasteiger partial charge on any atom is 0.138 e. The molecule has 0 atom stereocenters. The predicted octanol–water partition coefficient (Wildman–Crippen LogP) is 2.83. The summed E-state index contributed by atoms with van der Waals surface area (Å²) in [5, 5.41) is 7.70. The van der Waals surface area contributed by atoms with Gasteiger partial charge in [0, 0.05) is 13.6 Å². The third-order valence-corrected chi connectivity index (χ3v) is 4.15. The van der Waals surface area contributed by atoms with Gasteiger partial charge >= 0.3 is 0 Å². The van der Waals surface area contributed by atoms with E-state index in [1.165, 1.54) is 0 Å². The molecule has 0 amide bonds. The standard InChI is InChI=1S/C15H21BrN4O/c1-4-13-15(16)14(20(3)19-13)10-21-12-7-6-11(18-9-12)8-17-5-2/h6-7,9,17H,4-5,8,10H2,1-3H3. The smallest absolute Gasteiger partial charge is 0.138 e. The summed E-state index contributed by atoms with van der Waals surface area (Å²) in [6.45, 7) is 6.36. The molecule has 2 rings (SSSR count). The molecule has 2 aromatic rings. The Hall–Kier alpha value is -1.40. The van der Waals surface area contributed by atoms with Gasteiger partial charge in [0.25, 0.3) is 0 Å². The fourth-order valence-electron chi connectivity index (χ4n) is 1.98. The Morgan fingerprint density at radius 3 is 2.71 bits per heavy atom. The Morgan fingerprint density at radius 1 is 1.33 bits per heavy atom. The fraction of sp³-hybridized carbons (Fsp3) is 0.467. The van der Waals surface area contributed by atoms with E-state index in [1.807, 2.05) is 23.9 Å². The first kappa shape index (κ1) is 16.0. The molecule has 0 aromatic carbocycles. The van der Waals surface area contributed by atoms with Gasteiger partial charge in [-0.3, -0.25) is 9.67 Å². The van der Waals surface area contributed by atoms with Gasteiger partial charge in [-0.05, 0) is 41.0 Å². The largest absolute Gasteiger partial charge is 0.486 e. The zero-order chi connectivity index (χ0) is 15.2. The summed E-state index contributed by atoms with van der Waals surface area (Å²) in [5.41, 5.74) is 3.10. The van der Waals surface area contributed by atoms with E-state index in [2.05, 4.69) is 45.2 Å². The molecule has 0 fully saturated rings. The van der Waals surface area contributed by atoms with Crippen LogP contribution in [0, 0.1) is 0 Å². The van der Waals surface area contributed by atoms with E-state index in [-0.39, 0.29) is 0 Å². The number of rotatable bonds is 7. The second kappa shape index (κ2) is 7.56. The average molecular weight is 353 g/mol. The second-order valence-electron chi connectivity index (χ2n) is 4.74. The third kappa shape index (κ3) is 4.04. The molecule has 0 saturated heterocycles. The lowest BCUT2D eigenvalue weighted by Crippen LogP contribution is -2.12. The number of hydrogen-bond donors (Lipinski definition) is 1. The van der Waals surface area contributed by atoms with E-state index in [1.54, 1.807) is 6.20 Å². The first-order chi connectivity index (χ1) is 10.2. The molecular weight excluding hydrogens is 332 g/mol. The number of ether oxygens (including phenoxy) is 1. The second-order valence-corrected chi connectivity index (χ2v) is 5.53. The zero-order valence-electron chi connectivity index (χ0n) is 12.7. The maximum atomic E-state index is 5.80. The first-order valence-electron chi connectivity index (χ1n) is 7.14. The number of pyridine rings is 1. The van der Waals surface area contributed by atoms with Crippen LogP contribution in [0.25, 0.3) is 0 Å². The van der Waals surface area contributed by atoms with E-state index in [0.29, 0.717) is 6.61 Å². The van der Waals surface area contributed by atoms with Crippen LogP contribution in [-0.2, 0) is 26.6 Å². The minimum atomic E-state index is 0.471. The highest BCUT2D eigenvalue weighted by Crippen LogP contribution is 2.23. The molecule has 2 heterocycles. The number of hydrogen-bond acceptors (Lipinski definition) is 4. The van der Waals surface area contributed by atoms with Gasteiger partial charge in [-0.15, -0.1) is 0 Å². The maximum absolute atomic E-state index is 5.80. The van der Waals surface area contributed by atoms with Crippen molar-refractivity contribution in [1.82, 2.24) is 20.1 Å². The summed E-state index contributed by atoms with van der Waals surface area (Å²) in [7, 11) is 1.93. The molecule has 0 aliphatic rings. The molecule has 0 aliphatic heterocycles. The zero-order valence-corrected chi connectivity index (χ0v) is 14.3. The Kier molecular flexibility index (Phi) is 5.76. The molecule has 0 saturated carbocycles. The van der Waals surface area contributed by atoms with Crippen molar-refractivity contribution in [2.45, 2.75) is 33.4 Å². The van der Waals surface area contributed by atoms with Crippen molar-refractivity contribution >= 4 is 15.9 Å². The molecule has 1 N–H and O–H groups in total. The summed E-state index contributed by atoms with van der Waals surface area (Å²) >= 11 is 3.59. The van der Waals surface area contributed by atoms with Gasteiger partial charge in [0.1, 0.15) is 12.4 Å². The van der Waals surface area contributed by atoms with Crippen molar-refractivity contribution in [3.8, 4) is 5.75 Å². The molecule has 2 aromatic heterocycles. The Labute approximate surface area is 133 Å². The molecule has 0 spiro atoms. The number of halogens is 1. The molecule has 6 heteroatoms. The highest BCUT2D eigenvalue weighted by Gasteiger charge is 2.12. The normalized spacial score (nSPS) is 10.9. The van der Waals surface area contributed by atoms with Crippen LogP contribution in [0.15, 0.2) is 22.8 Å². The number of aryl methyl sites for hydroxylation is 2. The molecular formula is C15H21BrN4O. The molecule has 21 heavy (non-hydrogen) atoms. The van der Waals surface area contributed by atoms with E-state index < -0.39 is 0 Å². The lowest BCUT2D eigenvalue weighted by atomic mass is 10.3. The van der Waals surface area contributed by atoms with Crippen LogP contribution < -0.4 is 10.1 Å². The molecule has 5 nitrogen and oxygen atoms in total. The van der Waals surface area contributed by atoms with Gasteiger partial charge in [-0.2, -0.15) is 5.10 Å². The van der Waals surface area contributed by atoms with Gasteiger partial charge in [0.05, 0.1) is 27.8 Å². The van der Waals surface area contributed by atoms with Crippen LogP contribution in [-0.4, -0.2) is 21.3 Å². The number of nitrogens with zero attached hydrogens (tertiary/aromatic N) is 3. The van der Waals surface area contributed by atoms with Crippen molar-refractivity contribution < 1.29 is 4.74 Å². The molecule has 114 valence electrons. The highest BCUT2D eigenvalue weighted by atomic mass is 79.9. The van der Waals surface area contributed by atoms with Crippen LogP contribution in [0.5, 0.6) is 5.75 Å². The topological polar surface area (TPSA) is 52.0 Å². The SMILES string of the molecule is CCNCc1ccc(OCc2c(Br)c(CC)nn2C)cn1. The van der Waals surface area contributed by atoms with Crippen LogP contribution in [0.4, 0.5) is 0 Å². The van der Waals surface area contributed by atoms with Crippen LogP contribution in [0.1, 0.15) is 30.9 Å². The summed E-state index contributed by atoms with van der Waals surface area (Å²) in [4.78, 5) is 4.37. The first-order valence-corrected chi connectivity index (χ1v) is 7.93. The van der Waals surface area contributed by atoms with Crippen molar-refractivity contribution in [2.24, 2.45) is 7.05 Å². The minimum absolute atomic E-state index is 0.471. The molecule has 0 radical (unpaired) electrons. The fourth-order valence-corrected chi connectivity index (χ4v) is 2.71. The van der Waals surface area contributed by atoms with Crippen LogP contribution in [0.3, 0.4) is 0 Å². The van der Waals surface area contributed by atoms with Crippen molar-refractivity contribution in [3.63, 3.8) is 0 Å². The van der Waals surface area contributed by atoms with Crippen molar-refractivity contribution in [1.29, 1.82) is 0 Å². The number of nitrogens with one attached hydrogen (secondary N) is 1. The predicted molar refractivity (Wildman–Crippen MR) is 86.2 cm³/mol. The Balaban J connectivity index is 1.98. The molecule has 0 aliphatic carbocycles. The van der Waals surface area contributed by atoms with Gasteiger partial charge in [-0.1, -0.05) is 13.8 Å². The van der Waals surface area contributed by atoms with Crippen molar-refractivity contribution in [2.75, 3.05) is 6.54 Å². The third-order valence-electron chi connectivity index (χ3n) is 3.23. The van der Waals surface area contributed by atoms with E-state index in [9.17, 15) is 0 Å². The summed E-state index contributed by atoms with van der Waals surface area (Å²) in [6.07, 6.45) is 2.66. The lowest BCUT2D eigenvalue weighted by molar-refractivity contribution is 0.292.